The summed E-state index contributed by atoms with van der Waals surface area (Å²) in [6.07, 6.45) is 2.81. The molecule has 53 valence electrons. The van der Waals surface area contributed by atoms with Crippen LogP contribution in [0.4, 0.5) is 0 Å². The molecule has 0 aliphatic rings. The average molecular weight is 165 g/mol. The average Bonchev–Trinajstić information content (AvgIpc) is 1.68. The molecule has 2 heteroatoms. The maximum Gasteiger partial charge on any atom is 2.00 e. The summed E-state index contributed by atoms with van der Waals surface area (Å²) < 4.78 is 0. The van der Waals surface area contributed by atoms with Crippen LogP contribution in [0.3, 0.4) is 0 Å². The zero-order valence-electron chi connectivity index (χ0n) is 6.56. The van der Waals surface area contributed by atoms with Crippen molar-refractivity contribution in [1.82, 2.24) is 0 Å². The van der Waals surface area contributed by atoms with Gasteiger partial charge in [-0.25, -0.2) is 0 Å². The van der Waals surface area contributed by atoms with Gasteiger partial charge in [-0.3, -0.25) is 6.29 Å². The molecule has 0 N–H and O–H groups in total. The van der Waals surface area contributed by atoms with E-state index in [1.54, 1.807) is 0 Å². The molecule has 0 saturated heterocycles. The maximum atomic E-state index is 9.93. The van der Waals surface area contributed by atoms with E-state index in [2.05, 4.69) is 0 Å². The SMILES string of the molecule is CCC(C)(C)[C-]=O.[CH3-].[V+2]. The first-order valence-electron chi connectivity index (χ1n) is 2.51. The third-order valence-corrected chi connectivity index (χ3v) is 1.16. The molecule has 0 aromatic carbocycles. The molecule has 0 aliphatic heterocycles. The Balaban J connectivity index is -0.000000180. The van der Waals surface area contributed by atoms with Crippen molar-refractivity contribution in [3.63, 3.8) is 0 Å². The first kappa shape index (κ1) is 16.1. The van der Waals surface area contributed by atoms with E-state index in [9.17, 15) is 4.79 Å². The van der Waals surface area contributed by atoms with E-state index in [4.69, 9.17) is 0 Å². The molecule has 0 heterocycles. The minimum Gasteiger partial charge on any atom is -0.541 e. The fourth-order valence-corrected chi connectivity index (χ4v) is 0.0722. The van der Waals surface area contributed by atoms with Gasteiger partial charge >= 0.3 is 18.6 Å². The summed E-state index contributed by atoms with van der Waals surface area (Å²) in [5.41, 5.74) is -0.222. The summed E-state index contributed by atoms with van der Waals surface area (Å²) in [6.45, 7) is 5.73. The van der Waals surface area contributed by atoms with E-state index in [1.165, 1.54) is 0 Å². The summed E-state index contributed by atoms with van der Waals surface area (Å²) in [4.78, 5) is 9.93. The van der Waals surface area contributed by atoms with Crippen molar-refractivity contribution in [2.45, 2.75) is 27.2 Å². The molecule has 0 spiro atoms. The summed E-state index contributed by atoms with van der Waals surface area (Å²) in [5, 5.41) is 0. The van der Waals surface area contributed by atoms with Crippen molar-refractivity contribution >= 4 is 6.29 Å². The van der Waals surface area contributed by atoms with Crippen LogP contribution in [-0.2, 0) is 23.4 Å². The Hall–Kier alpha value is 0.254. The van der Waals surface area contributed by atoms with E-state index in [0.717, 1.165) is 6.42 Å². The van der Waals surface area contributed by atoms with Crippen LogP contribution in [0, 0.1) is 12.8 Å². The van der Waals surface area contributed by atoms with Gasteiger partial charge in [-0.2, -0.15) is 0 Å². The molecule has 1 radical (unpaired) electrons. The molecule has 0 atom stereocenters. The van der Waals surface area contributed by atoms with Gasteiger partial charge in [0.2, 0.25) is 0 Å². The standard InChI is InChI=1S/C6H11O.CH3.V/c1-4-6(2,3)5-7;;/h4H2,1-3H3;1H3;/q2*-1;+2. The Labute approximate surface area is 70.1 Å². The zero-order chi connectivity index (χ0) is 5.91. The number of rotatable bonds is 2. The molecule has 9 heavy (non-hydrogen) atoms. The molecule has 0 unspecified atom stereocenters. The Morgan fingerprint density at radius 1 is 1.44 bits per heavy atom. The number of hydrogen-bond acceptors (Lipinski definition) is 1. The number of hydrogen-bond donors (Lipinski definition) is 0. The maximum absolute atomic E-state index is 9.93. The second kappa shape index (κ2) is 6.38. The predicted molar refractivity (Wildman–Crippen MR) is 36.2 cm³/mol. The third kappa shape index (κ3) is 8.25. The Bertz CT molecular complexity index is 69.3. The fraction of sp³-hybridized carbons (Fsp3) is 0.714. The van der Waals surface area contributed by atoms with Crippen molar-refractivity contribution in [3.8, 4) is 0 Å². The summed E-state index contributed by atoms with van der Waals surface area (Å²) in [5.74, 6) is 0. The monoisotopic (exact) mass is 165 g/mol. The molecule has 1 nitrogen and oxygen atoms in total. The van der Waals surface area contributed by atoms with Gasteiger partial charge in [0, 0.05) is 0 Å². The summed E-state index contributed by atoms with van der Waals surface area (Å²) >= 11 is 0. The normalized spacial score (nSPS) is 8.78. The molecule has 0 bridgehead atoms. The molecule has 0 aliphatic carbocycles. The van der Waals surface area contributed by atoms with Crippen LogP contribution in [0.15, 0.2) is 0 Å². The Kier molecular flexibility index (Phi) is 11.4. The zero-order valence-corrected chi connectivity index (χ0v) is 7.96. The van der Waals surface area contributed by atoms with Crippen LogP contribution in [-0.4, -0.2) is 6.29 Å². The van der Waals surface area contributed by atoms with Crippen LogP contribution < -0.4 is 0 Å². The van der Waals surface area contributed by atoms with Crippen molar-refractivity contribution in [1.29, 1.82) is 0 Å². The molecular weight excluding hydrogens is 151 g/mol. The van der Waals surface area contributed by atoms with Gasteiger partial charge < -0.3 is 12.2 Å². The van der Waals surface area contributed by atoms with Crippen LogP contribution in [0.5, 0.6) is 0 Å². The van der Waals surface area contributed by atoms with Crippen molar-refractivity contribution in [2.24, 2.45) is 5.41 Å². The van der Waals surface area contributed by atoms with Crippen molar-refractivity contribution < 1.29 is 23.4 Å². The molecule has 0 aromatic heterocycles. The largest absolute Gasteiger partial charge is 2.00 e. The van der Waals surface area contributed by atoms with Crippen LogP contribution in [0.2, 0.25) is 0 Å². The quantitative estimate of drug-likeness (QED) is 0.572. The molecule has 0 rings (SSSR count). The van der Waals surface area contributed by atoms with Crippen molar-refractivity contribution in [2.75, 3.05) is 0 Å². The van der Waals surface area contributed by atoms with Gasteiger partial charge in [0.15, 0.2) is 0 Å². The number of carbonyl (C=O) groups excluding carboxylic acids is 1. The predicted octanol–water partition coefficient (Wildman–Crippen LogP) is 1.98. The van der Waals surface area contributed by atoms with Crippen molar-refractivity contribution in [3.05, 3.63) is 7.43 Å². The van der Waals surface area contributed by atoms with Gasteiger partial charge in [-0.15, -0.1) is 5.41 Å². The fourth-order valence-electron chi connectivity index (χ4n) is 0.0722. The van der Waals surface area contributed by atoms with E-state index in [1.807, 2.05) is 27.1 Å². The van der Waals surface area contributed by atoms with Gasteiger partial charge in [-0.05, 0) is 0 Å². The third-order valence-electron chi connectivity index (χ3n) is 1.16. The molecule has 0 saturated carbocycles. The Morgan fingerprint density at radius 3 is 1.78 bits per heavy atom. The minimum atomic E-state index is -0.222. The minimum absolute atomic E-state index is 0. The molecular formula is C7H14OV. The van der Waals surface area contributed by atoms with Gasteiger partial charge in [0.1, 0.15) is 0 Å². The first-order valence-corrected chi connectivity index (χ1v) is 2.51. The first-order chi connectivity index (χ1) is 3.12. The van der Waals surface area contributed by atoms with E-state index < -0.39 is 0 Å². The van der Waals surface area contributed by atoms with Gasteiger partial charge in [0.25, 0.3) is 0 Å². The molecule has 0 amide bonds. The van der Waals surface area contributed by atoms with Crippen LogP contribution in [0.1, 0.15) is 27.2 Å². The van der Waals surface area contributed by atoms with E-state index in [-0.39, 0.29) is 31.4 Å². The van der Waals surface area contributed by atoms with E-state index in [0.29, 0.717) is 0 Å². The summed E-state index contributed by atoms with van der Waals surface area (Å²) in [6, 6.07) is 0. The molecule has 0 fully saturated rings. The van der Waals surface area contributed by atoms with Crippen LogP contribution >= 0.6 is 0 Å². The summed E-state index contributed by atoms with van der Waals surface area (Å²) in [7, 11) is 0. The Morgan fingerprint density at radius 2 is 1.78 bits per heavy atom. The molecule has 0 aromatic rings. The second-order valence-electron chi connectivity index (χ2n) is 2.34. The smallest absolute Gasteiger partial charge is 0.541 e. The van der Waals surface area contributed by atoms with Gasteiger partial charge in [-0.1, -0.05) is 27.2 Å². The second-order valence-corrected chi connectivity index (χ2v) is 2.34. The van der Waals surface area contributed by atoms with E-state index >= 15 is 0 Å². The topological polar surface area (TPSA) is 17.1 Å². The van der Waals surface area contributed by atoms with Crippen LogP contribution in [0.25, 0.3) is 0 Å². The van der Waals surface area contributed by atoms with Gasteiger partial charge in [0.05, 0.1) is 0 Å².